The van der Waals surface area contributed by atoms with Crippen molar-refractivity contribution in [2.75, 3.05) is 6.54 Å². The van der Waals surface area contributed by atoms with E-state index in [0.717, 1.165) is 6.07 Å². The molecule has 0 amide bonds. The second-order valence-corrected chi connectivity index (χ2v) is 3.67. The maximum absolute atomic E-state index is 13.3. The third-order valence-electron chi connectivity index (χ3n) is 2.27. The Morgan fingerprint density at radius 3 is 2.25 bits per heavy atom. The molecule has 3 N–H and O–H groups in total. The summed E-state index contributed by atoms with van der Waals surface area (Å²) in [4.78, 5) is 0. The molecule has 0 fully saturated rings. The van der Waals surface area contributed by atoms with Crippen LogP contribution in [-0.4, -0.2) is 11.7 Å². The minimum atomic E-state index is -4.60. The van der Waals surface area contributed by atoms with Crippen molar-refractivity contribution in [1.29, 1.82) is 0 Å². The molecule has 1 unspecified atom stereocenters. The lowest BCUT2D eigenvalue weighted by Crippen LogP contribution is -2.32. The maximum Gasteiger partial charge on any atom is 0.416 e. The second kappa shape index (κ2) is 4.03. The summed E-state index contributed by atoms with van der Waals surface area (Å²) in [5.74, 6) is -1.12. The van der Waals surface area contributed by atoms with Crippen molar-refractivity contribution in [2.45, 2.75) is 18.7 Å². The van der Waals surface area contributed by atoms with Crippen LogP contribution in [0, 0.1) is 5.82 Å². The van der Waals surface area contributed by atoms with E-state index < -0.39 is 23.2 Å². The van der Waals surface area contributed by atoms with Crippen molar-refractivity contribution in [3.8, 4) is 0 Å². The minimum Gasteiger partial charge on any atom is -0.384 e. The molecule has 0 aliphatic carbocycles. The van der Waals surface area contributed by atoms with Crippen LogP contribution in [0.2, 0.25) is 0 Å². The molecule has 1 aromatic carbocycles. The van der Waals surface area contributed by atoms with Gasteiger partial charge < -0.3 is 10.8 Å². The number of alkyl halides is 3. The number of rotatable bonds is 2. The first-order valence-electron chi connectivity index (χ1n) is 4.48. The number of halogens is 4. The fourth-order valence-corrected chi connectivity index (χ4v) is 1.24. The predicted octanol–water partition coefficient (Wildman–Crippen LogP) is 2.01. The average Bonchev–Trinajstić information content (AvgIpc) is 2.16. The summed E-state index contributed by atoms with van der Waals surface area (Å²) in [6.45, 7) is 0.952. The highest BCUT2D eigenvalue weighted by Gasteiger charge is 2.33. The van der Waals surface area contributed by atoms with Crippen molar-refractivity contribution in [2.24, 2.45) is 5.73 Å². The van der Waals surface area contributed by atoms with Crippen LogP contribution in [0.4, 0.5) is 17.6 Å². The highest BCUT2D eigenvalue weighted by molar-refractivity contribution is 5.30. The molecule has 6 heteroatoms. The van der Waals surface area contributed by atoms with Crippen LogP contribution in [0.5, 0.6) is 0 Å². The number of nitrogens with two attached hydrogens (primary N) is 1. The fraction of sp³-hybridized carbons (Fsp3) is 0.400. The van der Waals surface area contributed by atoms with Crippen LogP contribution in [0.3, 0.4) is 0 Å². The molecule has 0 bridgehead atoms. The van der Waals surface area contributed by atoms with E-state index in [1.165, 1.54) is 6.92 Å². The van der Waals surface area contributed by atoms with Crippen LogP contribution in [-0.2, 0) is 11.8 Å². The first kappa shape index (κ1) is 12.9. The molecule has 0 aliphatic rings. The lowest BCUT2D eigenvalue weighted by atomic mass is 9.94. The molecule has 0 saturated heterocycles. The molecule has 1 rings (SSSR count). The lowest BCUT2D eigenvalue weighted by molar-refractivity contribution is -0.137. The van der Waals surface area contributed by atoms with Crippen molar-refractivity contribution >= 4 is 0 Å². The van der Waals surface area contributed by atoms with Gasteiger partial charge in [-0.25, -0.2) is 4.39 Å². The largest absolute Gasteiger partial charge is 0.416 e. The zero-order valence-electron chi connectivity index (χ0n) is 8.48. The van der Waals surface area contributed by atoms with E-state index in [1.807, 2.05) is 0 Å². The Morgan fingerprint density at radius 1 is 1.31 bits per heavy atom. The van der Waals surface area contributed by atoms with Gasteiger partial charge in [0, 0.05) is 12.1 Å². The molecule has 0 heterocycles. The first-order chi connectivity index (χ1) is 7.18. The number of hydrogen-bond donors (Lipinski definition) is 2. The number of benzene rings is 1. The summed E-state index contributed by atoms with van der Waals surface area (Å²) in [6, 6.07) is 1.95. The van der Waals surface area contributed by atoms with Gasteiger partial charge in [-0.3, -0.25) is 0 Å². The third kappa shape index (κ3) is 2.51. The van der Waals surface area contributed by atoms with Gasteiger partial charge in [0.2, 0.25) is 0 Å². The topological polar surface area (TPSA) is 46.2 Å². The molecule has 1 aromatic rings. The highest BCUT2D eigenvalue weighted by atomic mass is 19.4. The molecule has 0 aromatic heterocycles. The summed E-state index contributed by atoms with van der Waals surface area (Å²) in [5, 5.41) is 9.62. The van der Waals surface area contributed by atoms with E-state index >= 15 is 0 Å². The SMILES string of the molecule is CC(O)(CN)c1ccc(C(F)(F)F)cc1F. The van der Waals surface area contributed by atoms with Gasteiger partial charge >= 0.3 is 6.18 Å². The summed E-state index contributed by atoms with van der Waals surface area (Å²) in [6.07, 6.45) is -4.60. The van der Waals surface area contributed by atoms with E-state index in [2.05, 4.69) is 0 Å². The van der Waals surface area contributed by atoms with Crippen molar-refractivity contribution in [3.63, 3.8) is 0 Å². The predicted molar refractivity (Wildman–Crippen MR) is 50.0 cm³/mol. The second-order valence-electron chi connectivity index (χ2n) is 3.67. The van der Waals surface area contributed by atoms with Gasteiger partial charge in [-0.1, -0.05) is 6.07 Å². The standard InChI is InChI=1S/C10H11F4NO/c1-9(16,5-15)7-3-2-6(4-8(7)11)10(12,13)14/h2-4,16H,5,15H2,1H3. The van der Waals surface area contributed by atoms with Crippen molar-refractivity contribution in [3.05, 3.63) is 35.1 Å². The zero-order chi connectivity index (χ0) is 12.6. The van der Waals surface area contributed by atoms with Crippen LogP contribution in [0.25, 0.3) is 0 Å². The summed E-state index contributed by atoms with van der Waals surface area (Å²) in [5.41, 5.74) is 2.18. The van der Waals surface area contributed by atoms with E-state index in [9.17, 15) is 22.7 Å². The van der Waals surface area contributed by atoms with Gasteiger partial charge in [0.1, 0.15) is 11.4 Å². The quantitative estimate of drug-likeness (QED) is 0.773. The summed E-state index contributed by atoms with van der Waals surface area (Å²) < 4.78 is 50.0. The van der Waals surface area contributed by atoms with Crippen molar-refractivity contribution in [1.82, 2.24) is 0 Å². The Kier molecular flexibility index (Phi) is 3.25. The van der Waals surface area contributed by atoms with Gasteiger partial charge in [0.15, 0.2) is 0 Å². The Bertz CT molecular complexity index is 387. The average molecular weight is 237 g/mol. The third-order valence-corrected chi connectivity index (χ3v) is 2.27. The Balaban J connectivity index is 3.20. The molecule has 16 heavy (non-hydrogen) atoms. The van der Waals surface area contributed by atoms with Crippen LogP contribution in [0.15, 0.2) is 18.2 Å². The number of aliphatic hydroxyl groups is 1. The Labute approximate surface area is 89.7 Å². The fourth-order valence-electron chi connectivity index (χ4n) is 1.24. The monoisotopic (exact) mass is 237 g/mol. The van der Waals surface area contributed by atoms with Gasteiger partial charge in [-0.2, -0.15) is 13.2 Å². The zero-order valence-corrected chi connectivity index (χ0v) is 8.48. The van der Waals surface area contributed by atoms with Crippen LogP contribution < -0.4 is 5.73 Å². The number of hydrogen-bond acceptors (Lipinski definition) is 2. The van der Waals surface area contributed by atoms with Crippen molar-refractivity contribution < 1.29 is 22.7 Å². The molecule has 0 aliphatic heterocycles. The lowest BCUT2D eigenvalue weighted by Gasteiger charge is -2.22. The smallest absolute Gasteiger partial charge is 0.384 e. The Morgan fingerprint density at radius 2 is 1.88 bits per heavy atom. The normalized spacial score (nSPS) is 15.9. The highest BCUT2D eigenvalue weighted by Crippen LogP contribution is 2.32. The van der Waals surface area contributed by atoms with E-state index in [0.29, 0.717) is 12.1 Å². The Hall–Kier alpha value is -1.14. The van der Waals surface area contributed by atoms with Crippen LogP contribution >= 0.6 is 0 Å². The summed E-state index contributed by atoms with van der Waals surface area (Å²) in [7, 11) is 0. The van der Waals surface area contributed by atoms with Gasteiger partial charge in [0.05, 0.1) is 5.56 Å². The molecule has 90 valence electrons. The molecule has 0 radical (unpaired) electrons. The van der Waals surface area contributed by atoms with E-state index in [-0.39, 0.29) is 12.1 Å². The maximum atomic E-state index is 13.3. The minimum absolute atomic E-state index is 0.247. The molecule has 1 atom stereocenters. The van der Waals surface area contributed by atoms with Gasteiger partial charge in [-0.05, 0) is 19.1 Å². The molecule has 0 saturated carbocycles. The molecule has 2 nitrogen and oxygen atoms in total. The van der Waals surface area contributed by atoms with Crippen LogP contribution in [0.1, 0.15) is 18.1 Å². The van der Waals surface area contributed by atoms with E-state index in [4.69, 9.17) is 5.73 Å². The molecular weight excluding hydrogens is 226 g/mol. The van der Waals surface area contributed by atoms with Gasteiger partial charge in [0.25, 0.3) is 0 Å². The molecule has 0 spiro atoms. The molecular formula is C10H11F4NO. The van der Waals surface area contributed by atoms with E-state index in [1.54, 1.807) is 0 Å². The summed E-state index contributed by atoms with van der Waals surface area (Å²) >= 11 is 0. The van der Waals surface area contributed by atoms with Gasteiger partial charge in [-0.15, -0.1) is 0 Å². The first-order valence-corrected chi connectivity index (χ1v) is 4.48.